The molecular formula is C38H24N4. The van der Waals surface area contributed by atoms with Crippen LogP contribution in [-0.2, 0) is 0 Å². The number of fused-ring (bicyclic) bond motifs is 3. The summed E-state index contributed by atoms with van der Waals surface area (Å²) >= 11 is 0. The summed E-state index contributed by atoms with van der Waals surface area (Å²) < 4.78 is 0. The summed E-state index contributed by atoms with van der Waals surface area (Å²) in [7, 11) is 0. The van der Waals surface area contributed by atoms with Gasteiger partial charge in [0.05, 0.1) is 5.69 Å². The third-order valence-electron chi connectivity index (χ3n) is 7.79. The van der Waals surface area contributed by atoms with E-state index in [0.29, 0.717) is 17.5 Å². The van der Waals surface area contributed by atoms with E-state index in [1.807, 2.05) is 12.3 Å². The number of hydrogen-bond acceptors (Lipinski definition) is 4. The first-order chi connectivity index (χ1) is 20.8. The van der Waals surface area contributed by atoms with Crippen molar-refractivity contribution in [2.24, 2.45) is 0 Å². The lowest BCUT2D eigenvalue weighted by molar-refractivity contribution is 1.08. The van der Waals surface area contributed by atoms with Crippen molar-refractivity contribution in [3.8, 4) is 45.4 Å². The minimum Gasteiger partial charge on any atom is -0.256 e. The molecule has 4 heteroatoms. The van der Waals surface area contributed by atoms with Crippen LogP contribution in [-0.4, -0.2) is 19.9 Å². The quantitative estimate of drug-likeness (QED) is 0.225. The van der Waals surface area contributed by atoms with Crippen molar-refractivity contribution < 1.29 is 0 Å². The molecule has 0 saturated carbocycles. The molecule has 42 heavy (non-hydrogen) atoms. The fraction of sp³-hybridized carbons (Fsp3) is 0. The monoisotopic (exact) mass is 536 g/mol. The molecule has 8 rings (SSSR count). The normalized spacial score (nSPS) is 11.3. The van der Waals surface area contributed by atoms with Gasteiger partial charge < -0.3 is 0 Å². The fourth-order valence-electron chi connectivity index (χ4n) is 5.71. The lowest BCUT2D eigenvalue weighted by Gasteiger charge is -2.12. The van der Waals surface area contributed by atoms with Crippen molar-refractivity contribution in [1.82, 2.24) is 19.9 Å². The maximum Gasteiger partial charge on any atom is 0.164 e. The minimum atomic E-state index is 0.633. The zero-order chi connectivity index (χ0) is 27.9. The molecule has 2 aromatic heterocycles. The van der Waals surface area contributed by atoms with Gasteiger partial charge in [-0.05, 0) is 33.0 Å². The van der Waals surface area contributed by atoms with Crippen molar-refractivity contribution in [3.05, 3.63) is 146 Å². The second kappa shape index (κ2) is 10.0. The SMILES string of the molecule is c1ccc2c(-c3nc(-c4ccc(-c5nccc6ccccc56)cc4)nc(-c4cccc5ccccc45)n3)cccc2c1. The molecule has 196 valence electrons. The second-order valence-corrected chi connectivity index (χ2v) is 10.3. The number of pyridine rings is 1. The molecule has 0 atom stereocenters. The molecule has 0 fully saturated rings. The molecular weight excluding hydrogens is 512 g/mol. The van der Waals surface area contributed by atoms with Crippen LogP contribution in [0, 0.1) is 0 Å². The van der Waals surface area contributed by atoms with Gasteiger partial charge in [0.25, 0.3) is 0 Å². The first-order valence-electron chi connectivity index (χ1n) is 14.0. The number of benzene rings is 6. The number of aromatic nitrogens is 4. The summed E-state index contributed by atoms with van der Waals surface area (Å²) in [4.78, 5) is 19.9. The first-order valence-corrected chi connectivity index (χ1v) is 14.0. The van der Waals surface area contributed by atoms with Gasteiger partial charge in [0.15, 0.2) is 17.5 Å². The first kappa shape index (κ1) is 24.1. The molecule has 6 aromatic carbocycles. The van der Waals surface area contributed by atoms with Crippen molar-refractivity contribution in [2.45, 2.75) is 0 Å². The van der Waals surface area contributed by atoms with Gasteiger partial charge in [-0.3, -0.25) is 4.98 Å². The minimum absolute atomic E-state index is 0.633. The summed E-state index contributed by atoms with van der Waals surface area (Å²) in [5.41, 5.74) is 4.89. The third kappa shape index (κ3) is 4.18. The Morgan fingerprint density at radius 3 is 1.38 bits per heavy atom. The Morgan fingerprint density at radius 2 is 0.786 bits per heavy atom. The van der Waals surface area contributed by atoms with Gasteiger partial charge in [0, 0.05) is 33.8 Å². The van der Waals surface area contributed by atoms with Crippen LogP contribution in [0.3, 0.4) is 0 Å². The Bertz CT molecular complexity index is 2140. The van der Waals surface area contributed by atoms with Crippen LogP contribution in [0.4, 0.5) is 0 Å². The number of rotatable bonds is 4. The zero-order valence-electron chi connectivity index (χ0n) is 22.6. The average Bonchev–Trinajstić information content (AvgIpc) is 3.07. The lowest BCUT2D eigenvalue weighted by Crippen LogP contribution is -2.01. The van der Waals surface area contributed by atoms with Crippen molar-refractivity contribution >= 4 is 32.3 Å². The summed E-state index contributed by atoms with van der Waals surface area (Å²) in [5.74, 6) is 1.94. The lowest BCUT2D eigenvalue weighted by atomic mass is 10.0. The van der Waals surface area contributed by atoms with Gasteiger partial charge in [-0.15, -0.1) is 0 Å². The molecule has 0 N–H and O–H groups in total. The second-order valence-electron chi connectivity index (χ2n) is 10.3. The summed E-state index contributed by atoms with van der Waals surface area (Å²) in [5, 5.41) is 6.82. The van der Waals surface area contributed by atoms with E-state index in [4.69, 9.17) is 19.9 Å². The predicted molar refractivity (Wildman–Crippen MR) is 172 cm³/mol. The predicted octanol–water partition coefficient (Wildman–Crippen LogP) is 9.39. The summed E-state index contributed by atoms with van der Waals surface area (Å²) in [6.45, 7) is 0. The third-order valence-corrected chi connectivity index (χ3v) is 7.79. The van der Waals surface area contributed by atoms with E-state index >= 15 is 0 Å². The van der Waals surface area contributed by atoms with Crippen LogP contribution in [0.25, 0.3) is 77.7 Å². The average molecular weight is 537 g/mol. The Balaban J connectivity index is 1.31. The molecule has 0 aliphatic rings. The topological polar surface area (TPSA) is 51.6 Å². The highest BCUT2D eigenvalue weighted by Gasteiger charge is 2.16. The van der Waals surface area contributed by atoms with Crippen LogP contribution < -0.4 is 0 Å². The van der Waals surface area contributed by atoms with Crippen molar-refractivity contribution in [1.29, 1.82) is 0 Å². The Labute approximate surface area is 243 Å². The van der Waals surface area contributed by atoms with E-state index in [2.05, 4.69) is 133 Å². The highest BCUT2D eigenvalue weighted by atomic mass is 15.0. The summed E-state index contributed by atoms with van der Waals surface area (Å²) in [6, 6.07) is 48.0. The highest BCUT2D eigenvalue weighted by Crippen LogP contribution is 2.33. The Hall–Kier alpha value is -5.74. The molecule has 0 amide bonds. The van der Waals surface area contributed by atoms with Crippen LogP contribution in [0.2, 0.25) is 0 Å². The van der Waals surface area contributed by atoms with Crippen LogP contribution in [0.15, 0.2) is 146 Å². The van der Waals surface area contributed by atoms with E-state index in [0.717, 1.165) is 54.9 Å². The van der Waals surface area contributed by atoms with Gasteiger partial charge in [0.2, 0.25) is 0 Å². The Kier molecular flexibility index (Phi) is 5.75. The molecule has 0 unspecified atom stereocenters. The van der Waals surface area contributed by atoms with Crippen LogP contribution in [0.5, 0.6) is 0 Å². The summed E-state index contributed by atoms with van der Waals surface area (Å²) in [6.07, 6.45) is 1.87. The van der Waals surface area contributed by atoms with Gasteiger partial charge in [-0.2, -0.15) is 0 Å². The Morgan fingerprint density at radius 1 is 0.333 bits per heavy atom. The van der Waals surface area contributed by atoms with E-state index in [9.17, 15) is 0 Å². The van der Waals surface area contributed by atoms with E-state index < -0.39 is 0 Å². The van der Waals surface area contributed by atoms with E-state index in [1.54, 1.807) is 0 Å². The van der Waals surface area contributed by atoms with E-state index in [-0.39, 0.29) is 0 Å². The molecule has 8 aromatic rings. The smallest absolute Gasteiger partial charge is 0.164 e. The van der Waals surface area contributed by atoms with Gasteiger partial charge >= 0.3 is 0 Å². The van der Waals surface area contributed by atoms with Crippen molar-refractivity contribution in [2.75, 3.05) is 0 Å². The highest BCUT2D eigenvalue weighted by molar-refractivity contribution is 5.98. The maximum absolute atomic E-state index is 5.07. The molecule has 2 heterocycles. The molecule has 0 aliphatic carbocycles. The molecule has 0 aliphatic heterocycles. The molecule has 4 nitrogen and oxygen atoms in total. The molecule has 0 saturated heterocycles. The number of nitrogens with zero attached hydrogens (tertiary/aromatic N) is 4. The molecule has 0 spiro atoms. The maximum atomic E-state index is 5.07. The van der Waals surface area contributed by atoms with Gasteiger partial charge in [-0.25, -0.2) is 15.0 Å². The van der Waals surface area contributed by atoms with Crippen molar-refractivity contribution in [3.63, 3.8) is 0 Å². The van der Waals surface area contributed by atoms with Crippen LogP contribution >= 0.6 is 0 Å². The molecule has 0 radical (unpaired) electrons. The van der Waals surface area contributed by atoms with E-state index in [1.165, 1.54) is 5.39 Å². The standard InChI is InChI=1S/C38H24N4/c1-4-14-30-25(9-1)12-7-17-33(30)37-40-36(41-38(42-37)34-18-8-13-26-10-2-5-15-31(26)34)29-21-19-28(20-22-29)35-32-16-6-3-11-27(32)23-24-39-35/h1-24H. The fourth-order valence-corrected chi connectivity index (χ4v) is 5.71. The zero-order valence-corrected chi connectivity index (χ0v) is 22.6. The van der Waals surface area contributed by atoms with Gasteiger partial charge in [-0.1, -0.05) is 133 Å². The molecule has 0 bridgehead atoms. The number of hydrogen-bond donors (Lipinski definition) is 0. The van der Waals surface area contributed by atoms with Gasteiger partial charge in [0.1, 0.15) is 0 Å². The largest absolute Gasteiger partial charge is 0.256 e. The van der Waals surface area contributed by atoms with Crippen LogP contribution in [0.1, 0.15) is 0 Å².